The molecule has 0 aliphatic heterocycles. The van der Waals surface area contributed by atoms with Gasteiger partial charge in [-0.2, -0.15) is 0 Å². The number of nitrogens with one attached hydrogen (secondary N) is 1. The molecule has 3 heteroatoms. The SMILES string of the molecule is COc1ccc2ccccc2c1C(NCC1CC1)c1ccc(F)c(C)c1. The highest BCUT2D eigenvalue weighted by atomic mass is 19.1. The highest BCUT2D eigenvalue weighted by molar-refractivity contribution is 5.88. The number of methoxy groups -OCH3 is 1. The van der Waals surface area contributed by atoms with Crippen molar-refractivity contribution in [3.8, 4) is 5.75 Å². The second-order valence-electron chi connectivity index (χ2n) is 7.20. The smallest absolute Gasteiger partial charge is 0.126 e. The van der Waals surface area contributed by atoms with E-state index in [-0.39, 0.29) is 11.9 Å². The van der Waals surface area contributed by atoms with Crippen LogP contribution in [0.5, 0.6) is 5.75 Å². The summed E-state index contributed by atoms with van der Waals surface area (Å²) in [5.41, 5.74) is 2.86. The summed E-state index contributed by atoms with van der Waals surface area (Å²) in [7, 11) is 1.71. The summed E-state index contributed by atoms with van der Waals surface area (Å²) in [4.78, 5) is 0. The Kier molecular flexibility index (Phi) is 4.64. The quantitative estimate of drug-likeness (QED) is 0.645. The summed E-state index contributed by atoms with van der Waals surface area (Å²) >= 11 is 0. The summed E-state index contributed by atoms with van der Waals surface area (Å²) in [6, 6.07) is 17.8. The molecule has 1 unspecified atom stereocenters. The molecule has 0 amide bonds. The van der Waals surface area contributed by atoms with Gasteiger partial charge in [-0.15, -0.1) is 0 Å². The van der Waals surface area contributed by atoms with Gasteiger partial charge < -0.3 is 10.1 Å². The van der Waals surface area contributed by atoms with E-state index in [1.165, 1.54) is 23.6 Å². The van der Waals surface area contributed by atoms with Crippen LogP contribution in [0.25, 0.3) is 10.8 Å². The van der Waals surface area contributed by atoms with E-state index >= 15 is 0 Å². The van der Waals surface area contributed by atoms with E-state index in [1.807, 2.05) is 31.2 Å². The third-order valence-corrected chi connectivity index (χ3v) is 5.26. The lowest BCUT2D eigenvalue weighted by Crippen LogP contribution is -2.25. The summed E-state index contributed by atoms with van der Waals surface area (Å²) < 4.78 is 19.6. The molecule has 0 aromatic heterocycles. The zero-order chi connectivity index (χ0) is 18.1. The van der Waals surface area contributed by atoms with Crippen molar-refractivity contribution in [3.05, 3.63) is 77.1 Å². The van der Waals surface area contributed by atoms with Crippen molar-refractivity contribution in [2.75, 3.05) is 13.7 Å². The van der Waals surface area contributed by atoms with Crippen LogP contribution >= 0.6 is 0 Å². The summed E-state index contributed by atoms with van der Waals surface area (Å²) in [5.74, 6) is 1.44. The average molecular weight is 349 g/mol. The van der Waals surface area contributed by atoms with Crippen molar-refractivity contribution < 1.29 is 9.13 Å². The second-order valence-corrected chi connectivity index (χ2v) is 7.20. The molecule has 0 bridgehead atoms. The third kappa shape index (κ3) is 3.32. The molecule has 4 rings (SSSR count). The molecule has 1 fully saturated rings. The van der Waals surface area contributed by atoms with Crippen LogP contribution in [-0.2, 0) is 0 Å². The minimum absolute atomic E-state index is 0.0315. The highest BCUT2D eigenvalue weighted by Crippen LogP contribution is 2.38. The zero-order valence-corrected chi connectivity index (χ0v) is 15.3. The van der Waals surface area contributed by atoms with Crippen molar-refractivity contribution in [1.29, 1.82) is 0 Å². The summed E-state index contributed by atoms with van der Waals surface area (Å²) in [5, 5.41) is 6.07. The lowest BCUT2D eigenvalue weighted by Gasteiger charge is -2.24. The first-order valence-electron chi connectivity index (χ1n) is 9.22. The van der Waals surface area contributed by atoms with Gasteiger partial charge in [0.05, 0.1) is 13.2 Å². The first-order valence-corrected chi connectivity index (χ1v) is 9.22. The molecule has 1 saturated carbocycles. The van der Waals surface area contributed by atoms with Gasteiger partial charge in [0.15, 0.2) is 0 Å². The number of hydrogen-bond donors (Lipinski definition) is 1. The van der Waals surface area contributed by atoms with E-state index < -0.39 is 0 Å². The maximum absolute atomic E-state index is 13.8. The number of hydrogen-bond acceptors (Lipinski definition) is 2. The van der Waals surface area contributed by atoms with E-state index in [0.717, 1.165) is 29.3 Å². The molecule has 1 N–H and O–H groups in total. The number of rotatable bonds is 6. The normalized spacial score (nSPS) is 15.2. The number of fused-ring (bicyclic) bond motifs is 1. The van der Waals surface area contributed by atoms with Crippen LogP contribution < -0.4 is 10.1 Å². The topological polar surface area (TPSA) is 21.3 Å². The monoisotopic (exact) mass is 349 g/mol. The minimum atomic E-state index is -0.167. The van der Waals surface area contributed by atoms with Gasteiger partial charge in [0.25, 0.3) is 0 Å². The molecule has 2 nitrogen and oxygen atoms in total. The Balaban J connectivity index is 1.87. The minimum Gasteiger partial charge on any atom is -0.496 e. The van der Waals surface area contributed by atoms with E-state index in [4.69, 9.17) is 4.74 Å². The van der Waals surface area contributed by atoms with Gasteiger partial charge in [-0.1, -0.05) is 42.5 Å². The van der Waals surface area contributed by atoms with Crippen molar-refractivity contribution in [1.82, 2.24) is 5.32 Å². The molecule has 1 aliphatic rings. The fourth-order valence-corrected chi connectivity index (χ4v) is 3.59. The Hall–Kier alpha value is -2.39. The molecule has 0 radical (unpaired) electrons. The molecular weight excluding hydrogens is 325 g/mol. The van der Waals surface area contributed by atoms with Crippen LogP contribution in [-0.4, -0.2) is 13.7 Å². The Labute approximate surface area is 154 Å². The van der Waals surface area contributed by atoms with Crippen LogP contribution in [0.4, 0.5) is 4.39 Å². The number of aryl methyl sites for hydroxylation is 1. The Morgan fingerprint density at radius 3 is 2.65 bits per heavy atom. The van der Waals surface area contributed by atoms with Gasteiger partial charge >= 0.3 is 0 Å². The van der Waals surface area contributed by atoms with Crippen molar-refractivity contribution in [2.45, 2.75) is 25.8 Å². The number of benzene rings is 3. The van der Waals surface area contributed by atoms with Crippen LogP contribution in [0.2, 0.25) is 0 Å². The first kappa shape index (κ1) is 17.0. The zero-order valence-electron chi connectivity index (χ0n) is 15.3. The van der Waals surface area contributed by atoms with Crippen LogP contribution in [0.1, 0.15) is 35.6 Å². The van der Waals surface area contributed by atoms with Gasteiger partial charge in [-0.25, -0.2) is 4.39 Å². The Bertz CT molecular complexity index is 933. The first-order chi connectivity index (χ1) is 12.7. The predicted molar refractivity (Wildman–Crippen MR) is 104 cm³/mol. The number of ether oxygens (including phenoxy) is 1. The molecule has 1 aliphatic carbocycles. The van der Waals surface area contributed by atoms with E-state index in [0.29, 0.717) is 5.56 Å². The standard InChI is InChI=1S/C23H24FNO/c1-15-13-18(9-11-20(15)24)23(25-14-16-7-8-16)22-19-6-4-3-5-17(19)10-12-21(22)26-2/h3-6,9-13,16,23,25H,7-8,14H2,1-2H3. The fourth-order valence-electron chi connectivity index (χ4n) is 3.59. The maximum Gasteiger partial charge on any atom is 0.126 e. The summed E-state index contributed by atoms with van der Waals surface area (Å²) in [6.07, 6.45) is 2.57. The molecule has 0 saturated heterocycles. The van der Waals surface area contributed by atoms with Gasteiger partial charge in [0.2, 0.25) is 0 Å². The average Bonchev–Trinajstić information content (AvgIpc) is 3.49. The van der Waals surface area contributed by atoms with Gasteiger partial charge in [-0.05, 0) is 66.3 Å². The molecule has 0 spiro atoms. The Morgan fingerprint density at radius 1 is 1.12 bits per heavy atom. The molecule has 3 aromatic carbocycles. The van der Waals surface area contributed by atoms with Crippen LogP contribution in [0.3, 0.4) is 0 Å². The lowest BCUT2D eigenvalue weighted by atomic mass is 9.91. The lowest BCUT2D eigenvalue weighted by molar-refractivity contribution is 0.404. The van der Waals surface area contributed by atoms with Gasteiger partial charge in [-0.3, -0.25) is 0 Å². The van der Waals surface area contributed by atoms with E-state index in [2.05, 4.69) is 29.6 Å². The second kappa shape index (κ2) is 7.08. The molecular formula is C23H24FNO. The largest absolute Gasteiger partial charge is 0.496 e. The van der Waals surface area contributed by atoms with Crippen molar-refractivity contribution in [2.24, 2.45) is 5.92 Å². The molecule has 0 heterocycles. The predicted octanol–water partition coefficient (Wildman–Crippen LogP) is 5.38. The van der Waals surface area contributed by atoms with Crippen molar-refractivity contribution in [3.63, 3.8) is 0 Å². The molecule has 1 atom stereocenters. The molecule has 26 heavy (non-hydrogen) atoms. The summed E-state index contributed by atoms with van der Waals surface area (Å²) in [6.45, 7) is 2.78. The van der Waals surface area contributed by atoms with Crippen LogP contribution in [0.15, 0.2) is 54.6 Å². The van der Waals surface area contributed by atoms with Gasteiger partial charge in [0.1, 0.15) is 11.6 Å². The van der Waals surface area contributed by atoms with E-state index in [1.54, 1.807) is 13.2 Å². The Morgan fingerprint density at radius 2 is 1.92 bits per heavy atom. The molecule has 134 valence electrons. The van der Waals surface area contributed by atoms with Crippen molar-refractivity contribution >= 4 is 10.8 Å². The highest BCUT2D eigenvalue weighted by Gasteiger charge is 2.26. The van der Waals surface area contributed by atoms with E-state index in [9.17, 15) is 4.39 Å². The van der Waals surface area contributed by atoms with Gasteiger partial charge in [0, 0.05) is 5.56 Å². The third-order valence-electron chi connectivity index (χ3n) is 5.26. The van der Waals surface area contributed by atoms with Crippen LogP contribution in [0, 0.1) is 18.7 Å². The number of halogens is 1. The fraction of sp³-hybridized carbons (Fsp3) is 0.304. The molecule has 3 aromatic rings. The maximum atomic E-state index is 13.8.